The van der Waals surface area contributed by atoms with Crippen molar-refractivity contribution in [3.8, 4) is 0 Å². The van der Waals surface area contributed by atoms with Gasteiger partial charge in [0.1, 0.15) is 0 Å². The van der Waals surface area contributed by atoms with Gasteiger partial charge in [0, 0.05) is 17.3 Å². The average Bonchev–Trinajstić information content (AvgIpc) is 2.50. The molecule has 3 atom stereocenters. The van der Waals surface area contributed by atoms with Gasteiger partial charge in [-0.2, -0.15) is 11.8 Å². The molecule has 2 saturated heterocycles. The highest BCUT2D eigenvalue weighted by Gasteiger charge is 2.30. The van der Waals surface area contributed by atoms with Gasteiger partial charge in [-0.15, -0.1) is 0 Å². The van der Waals surface area contributed by atoms with Crippen LogP contribution in [0, 0.1) is 0 Å². The van der Waals surface area contributed by atoms with E-state index in [-0.39, 0.29) is 6.04 Å². The first-order valence-corrected chi connectivity index (χ1v) is 8.52. The molecule has 0 aromatic carbocycles. The fourth-order valence-electron chi connectivity index (χ4n) is 2.41. The van der Waals surface area contributed by atoms with Crippen molar-refractivity contribution in [2.75, 3.05) is 17.3 Å². The van der Waals surface area contributed by atoms with Crippen LogP contribution in [0.2, 0.25) is 0 Å². The maximum atomic E-state index is 11.5. The summed E-state index contributed by atoms with van der Waals surface area (Å²) in [4.78, 5) is 0. The summed E-state index contributed by atoms with van der Waals surface area (Å²) in [5, 5.41) is 4.16. The molecule has 0 amide bonds. The van der Waals surface area contributed by atoms with Crippen molar-refractivity contribution in [3.05, 3.63) is 0 Å². The summed E-state index contributed by atoms with van der Waals surface area (Å²) in [6.45, 7) is 2.23. The Bertz CT molecular complexity index is 315. The lowest BCUT2D eigenvalue weighted by atomic mass is 10.1. The van der Waals surface area contributed by atoms with Gasteiger partial charge in [-0.25, -0.2) is 8.42 Å². The SMILES string of the molecule is CC1SCCC1NC1CCCS(=O)(=O)C1. The van der Waals surface area contributed by atoms with Gasteiger partial charge in [-0.1, -0.05) is 6.92 Å². The van der Waals surface area contributed by atoms with Crippen molar-refractivity contribution in [1.29, 1.82) is 0 Å². The van der Waals surface area contributed by atoms with Crippen LogP contribution in [0.1, 0.15) is 26.2 Å². The van der Waals surface area contributed by atoms with E-state index in [1.807, 2.05) is 11.8 Å². The van der Waals surface area contributed by atoms with Crippen LogP contribution in [0.5, 0.6) is 0 Å². The van der Waals surface area contributed by atoms with Crippen molar-refractivity contribution >= 4 is 21.6 Å². The largest absolute Gasteiger partial charge is 0.309 e. The number of thioether (sulfide) groups is 1. The lowest BCUT2D eigenvalue weighted by molar-refractivity contribution is 0.413. The smallest absolute Gasteiger partial charge is 0.151 e. The molecule has 3 unspecified atom stereocenters. The topological polar surface area (TPSA) is 46.2 Å². The summed E-state index contributed by atoms with van der Waals surface area (Å²) < 4.78 is 22.9. The van der Waals surface area contributed by atoms with Crippen molar-refractivity contribution in [2.45, 2.75) is 43.5 Å². The summed E-state index contributed by atoms with van der Waals surface area (Å²) in [6, 6.07) is 0.725. The molecule has 2 heterocycles. The van der Waals surface area contributed by atoms with Gasteiger partial charge >= 0.3 is 0 Å². The minimum absolute atomic E-state index is 0.204. The number of nitrogens with one attached hydrogen (secondary N) is 1. The second-order valence-corrected chi connectivity index (χ2v) is 8.31. The van der Waals surface area contributed by atoms with Crippen molar-refractivity contribution in [3.63, 3.8) is 0 Å². The van der Waals surface area contributed by atoms with Gasteiger partial charge in [0.2, 0.25) is 0 Å². The van der Waals surface area contributed by atoms with Gasteiger partial charge in [0.05, 0.1) is 11.5 Å². The first kappa shape index (κ1) is 11.7. The number of rotatable bonds is 2. The number of hydrogen-bond acceptors (Lipinski definition) is 4. The lowest BCUT2D eigenvalue weighted by Gasteiger charge is -2.27. The molecule has 0 aromatic rings. The third-order valence-corrected chi connectivity index (χ3v) is 6.44. The molecular weight excluding hydrogens is 230 g/mol. The van der Waals surface area contributed by atoms with Crippen LogP contribution in [-0.2, 0) is 9.84 Å². The summed E-state index contributed by atoms with van der Waals surface area (Å²) in [5.41, 5.74) is 0. The van der Waals surface area contributed by atoms with Crippen molar-refractivity contribution in [1.82, 2.24) is 5.32 Å². The van der Waals surface area contributed by atoms with Crippen LogP contribution in [0.25, 0.3) is 0 Å². The van der Waals surface area contributed by atoms with E-state index < -0.39 is 9.84 Å². The van der Waals surface area contributed by atoms with E-state index >= 15 is 0 Å². The zero-order chi connectivity index (χ0) is 10.9. The monoisotopic (exact) mass is 249 g/mol. The van der Waals surface area contributed by atoms with Gasteiger partial charge in [0.15, 0.2) is 9.84 Å². The van der Waals surface area contributed by atoms with E-state index in [0.29, 0.717) is 22.8 Å². The Labute approximate surface area is 96.3 Å². The zero-order valence-electron chi connectivity index (χ0n) is 9.11. The Balaban J connectivity index is 1.89. The molecule has 3 nitrogen and oxygen atoms in total. The van der Waals surface area contributed by atoms with E-state index in [1.54, 1.807) is 0 Å². The molecule has 0 aliphatic carbocycles. The molecule has 0 bridgehead atoms. The third kappa shape index (κ3) is 3.11. The molecule has 15 heavy (non-hydrogen) atoms. The molecule has 1 N–H and O–H groups in total. The first-order valence-electron chi connectivity index (χ1n) is 5.65. The highest BCUT2D eigenvalue weighted by molar-refractivity contribution is 8.00. The molecule has 2 aliphatic heterocycles. The standard InChI is InChI=1S/C10H19NO2S2/c1-8-10(4-5-14-8)11-9-3-2-6-15(12,13)7-9/h8-11H,2-7H2,1H3. The predicted molar refractivity (Wildman–Crippen MR) is 65.1 cm³/mol. The molecule has 2 aliphatic rings. The fourth-order valence-corrected chi connectivity index (χ4v) is 5.27. The number of sulfone groups is 1. The second kappa shape index (κ2) is 4.63. The fraction of sp³-hybridized carbons (Fsp3) is 1.00. The van der Waals surface area contributed by atoms with Gasteiger partial charge in [0.25, 0.3) is 0 Å². The Kier molecular flexibility index (Phi) is 3.63. The van der Waals surface area contributed by atoms with Crippen LogP contribution < -0.4 is 5.32 Å². The molecule has 2 rings (SSSR count). The molecule has 0 aromatic heterocycles. The van der Waals surface area contributed by atoms with Gasteiger partial charge in [-0.05, 0) is 25.0 Å². The quantitative estimate of drug-likeness (QED) is 0.794. The zero-order valence-corrected chi connectivity index (χ0v) is 10.7. The molecule has 88 valence electrons. The summed E-state index contributed by atoms with van der Waals surface area (Å²) in [6.07, 6.45) is 3.03. The van der Waals surface area contributed by atoms with Crippen molar-refractivity contribution < 1.29 is 8.42 Å². The highest BCUT2D eigenvalue weighted by Crippen LogP contribution is 2.27. The maximum Gasteiger partial charge on any atom is 0.151 e. The second-order valence-electron chi connectivity index (χ2n) is 4.59. The van der Waals surface area contributed by atoms with Crippen LogP contribution in [-0.4, -0.2) is 43.0 Å². The summed E-state index contributed by atoms with van der Waals surface area (Å²) in [5.74, 6) is 1.94. The van der Waals surface area contributed by atoms with Crippen LogP contribution in [0.4, 0.5) is 0 Å². The Morgan fingerprint density at radius 1 is 1.33 bits per heavy atom. The van der Waals surface area contributed by atoms with Gasteiger partial charge in [-0.3, -0.25) is 0 Å². The maximum absolute atomic E-state index is 11.5. The summed E-state index contributed by atoms with van der Waals surface area (Å²) in [7, 11) is -2.76. The molecule has 2 fully saturated rings. The van der Waals surface area contributed by atoms with E-state index in [9.17, 15) is 8.42 Å². The minimum atomic E-state index is -2.76. The van der Waals surface area contributed by atoms with Crippen LogP contribution >= 0.6 is 11.8 Å². The van der Waals surface area contributed by atoms with E-state index in [4.69, 9.17) is 0 Å². The summed E-state index contributed by atoms with van der Waals surface area (Å²) >= 11 is 1.98. The Morgan fingerprint density at radius 2 is 2.13 bits per heavy atom. The molecular formula is C10H19NO2S2. The van der Waals surface area contributed by atoms with Crippen LogP contribution in [0.3, 0.4) is 0 Å². The van der Waals surface area contributed by atoms with E-state index in [0.717, 1.165) is 12.8 Å². The molecule has 5 heteroatoms. The van der Waals surface area contributed by atoms with Crippen molar-refractivity contribution in [2.24, 2.45) is 0 Å². The highest BCUT2D eigenvalue weighted by atomic mass is 32.2. The molecule has 0 saturated carbocycles. The normalized spacial score (nSPS) is 40.5. The Hall–Kier alpha value is 0.260. The number of hydrogen-bond donors (Lipinski definition) is 1. The predicted octanol–water partition coefficient (Wildman–Crippen LogP) is 1.05. The lowest BCUT2D eigenvalue weighted by Crippen LogP contribution is -2.47. The minimum Gasteiger partial charge on any atom is -0.309 e. The van der Waals surface area contributed by atoms with E-state index in [2.05, 4.69) is 12.2 Å². The molecule has 0 spiro atoms. The Morgan fingerprint density at radius 3 is 2.73 bits per heavy atom. The first-order chi connectivity index (χ1) is 7.07. The third-order valence-electron chi connectivity index (χ3n) is 3.29. The molecule has 0 radical (unpaired) electrons. The van der Waals surface area contributed by atoms with Gasteiger partial charge < -0.3 is 5.32 Å². The average molecular weight is 249 g/mol. The van der Waals surface area contributed by atoms with E-state index in [1.165, 1.54) is 12.2 Å². The van der Waals surface area contributed by atoms with Crippen LogP contribution in [0.15, 0.2) is 0 Å².